The number of hydrogen-bond acceptors (Lipinski definition) is 6. The largest absolute Gasteiger partial charge is 0.507 e. The zero-order chi connectivity index (χ0) is 27.5. The summed E-state index contributed by atoms with van der Waals surface area (Å²) >= 11 is 0. The highest BCUT2D eigenvalue weighted by Gasteiger charge is 2.46. The van der Waals surface area contributed by atoms with Crippen LogP contribution in [0.1, 0.15) is 28.3 Å². The van der Waals surface area contributed by atoms with Crippen LogP contribution < -0.4 is 14.2 Å². The van der Waals surface area contributed by atoms with Crippen molar-refractivity contribution >= 4 is 17.4 Å². The molecule has 1 atom stereocenters. The maximum atomic E-state index is 13.4. The van der Waals surface area contributed by atoms with E-state index < -0.39 is 17.7 Å². The maximum absolute atomic E-state index is 13.4. The van der Waals surface area contributed by atoms with Crippen LogP contribution >= 0.6 is 0 Å². The second-order valence-electron chi connectivity index (χ2n) is 9.61. The topological polar surface area (TPSA) is 85.3 Å². The van der Waals surface area contributed by atoms with Crippen molar-refractivity contribution in [2.45, 2.75) is 19.2 Å². The molecule has 0 spiro atoms. The Balaban J connectivity index is 1.37. The first-order valence-corrected chi connectivity index (χ1v) is 13.1. The van der Waals surface area contributed by atoms with Crippen LogP contribution in [0.4, 0.5) is 0 Å². The summed E-state index contributed by atoms with van der Waals surface area (Å²) in [6.45, 7) is 1.45. The molecule has 200 valence electrons. The summed E-state index contributed by atoms with van der Waals surface area (Å²) in [5, 5.41) is 11.4. The molecule has 2 aliphatic rings. The van der Waals surface area contributed by atoms with Crippen LogP contribution in [0, 0.1) is 0 Å². The molecule has 1 saturated heterocycles. The van der Waals surface area contributed by atoms with E-state index >= 15 is 0 Å². The van der Waals surface area contributed by atoms with Crippen LogP contribution in [0.2, 0.25) is 0 Å². The van der Waals surface area contributed by atoms with Crippen LogP contribution in [0.5, 0.6) is 17.2 Å². The average molecular weight is 534 g/mol. The van der Waals surface area contributed by atoms with Crippen molar-refractivity contribution in [1.82, 2.24) is 4.90 Å². The third-order valence-electron chi connectivity index (χ3n) is 7.00. The summed E-state index contributed by atoms with van der Waals surface area (Å²) in [6, 6.07) is 30.8. The number of aliphatic hydroxyl groups is 1. The lowest BCUT2D eigenvalue weighted by Gasteiger charge is -2.26. The Bertz CT molecular complexity index is 1560. The Kier molecular flexibility index (Phi) is 6.93. The lowest BCUT2D eigenvalue weighted by Crippen LogP contribution is -2.29. The minimum Gasteiger partial charge on any atom is -0.507 e. The third kappa shape index (κ3) is 5.01. The molecule has 0 aromatic heterocycles. The molecule has 40 heavy (non-hydrogen) atoms. The molecule has 1 amide bonds. The highest BCUT2D eigenvalue weighted by molar-refractivity contribution is 6.46. The molecule has 0 bridgehead atoms. The lowest BCUT2D eigenvalue weighted by molar-refractivity contribution is -0.140. The van der Waals surface area contributed by atoms with Crippen molar-refractivity contribution in [3.63, 3.8) is 0 Å². The van der Waals surface area contributed by atoms with Gasteiger partial charge in [-0.3, -0.25) is 9.59 Å². The van der Waals surface area contributed by atoms with Crippen molar-refractivity contribution < 1.29 is 28.9 Å². The van der Waals surface area contributed by atoms with E-state index in [4.69, 9.17) is 14.2 Å². The molecule has 0 radical (unpaired) electrons. The molecule has 0 saturated carbocycles. The first-order chi connectivity index (χ1) is 19.6. The van der Waals surface area contributed by atoms with E-state index in [1.54, 1.807) is 18.2 Å². The van der Waals surface area contributed by atoms with Gasteiger partial charge in [-0.05, 0) is 47.0 Å². The Morgan fingerprint density at radius 3 is 2.15 bits per heavy atom. The third-order valence-corrected chi connectivity index (χ3v) is 7.00. The van der Waals surface area contributed by atoms with Gasteiger partial charge in [0, 0.05) is 12.1 Å². The minimum atomic E-state index is -0.795. The van der Waals surface area contributed by atoms with Gasteiger partial charge in [0.1, 0.15) is 31.3 Å². The molecule has 1 unspecified atom stereocenters. The maximum Gasteiger partial charge on any atom is 0.295 e. The summed E-state index contributed by atoms with van der Waals surface area (Å²) in [4.78, 5) is 28.3. The van der Waals surface area contributed by atoms with Crippen LogP contribution in [0.3, 0.4) is 0 Å². The number of ketones is 1. The van der Waals surface area contributed by atoms with E-state index in [2.05, 4.69) is 0 Å². The van der Waals surface area contributed by atoms with E-state index in [0.717, 1.165) is 11.1 Å². The van der Waals surface area contributed by atoms with Crippen LogP contribution in [0.25, 0.3) is 5.76 Å². The number of carbonyl (C=O) groups excluding carboxylic acids is 2. The summed E-state index contributed by atoms with van der Waals surface area (Å²) in [6.07, 6.45) is 0. The number of rotatable bonds is 7. The zero-order valence-electron chi connectivity index (χ0n) is 21.7. The number of likely N-dealkylation sites (tertiary alicyclic amines) is 1. The average Bonchev–Trinajstić information content (AvgIpc) is 3.25. The predicted molar refractivity (Wildman–Crippen MR) is 149 cm³/mol. The normalized spacial score (nSPS) is 17.6. The number of fused-ring (bicyclic) bond motifs is 1. The van der Waals surface area contributed by atoms with Crippen molar-refractivity contribution in [3.8, 4) is 17.2 Å². The monoisotopic (exact) mass is 533 g/mol. The number of nitrogens with zero attached hydrogens (tertiary/aromatic N) is 1. The summed E-state index contributed by atoms with van der Waals surface area (Å²) < 4.78 is 17.2. The van der Waals surface area contributed by atoms with Gasteiger partial charge in [-0.25, -0.2) is 0 Å². The first-order valence-electron chi connectivity index (χ1n) is 13.1. The van der Waals surface area contributed by atoms with Crippen LogP contribution in [-0.2, 0) is 22.7 Å². The van der Waals surface area contributed by atoms with E-state index in [1.807, 2.05) is 84.9 Å². The highest BCUT2D eigenvalue weighted by Crippen LogP contribution is 2.42. The van der Waals surface area contributed by atoms with Gasteiger partial charge in [0.15, 0.2) is 11.5 Å². The molecule has 4 aromatic carbocycles. The molecule has 6 rings (SSSR count). The minimum absolute atomic E-state index is 0.0237. The number of Topliss-reactive ketones (excluding diaryl/α,β-unsaturated/α-hetero) is 1. The van der Waals surface area contributed by atoms with Crippen LogP contribution in [-0.4, -0.2) is 34.9 Å². The number of benzene rings is 4. The number of carbonyl (C=O) groups is 2. The smallest absolute Gasteiger partial charge is 0.295 e. The second kappa shape index (κ2) is 11.0. The summed E-state index contributed by atoms with van der Waals surface area (Å²) in [5.41, 5.74) is 2.99. The fourth-order valence-electron chi connectivity index (χ4n) is 5.00. The Morgan fingerprint density at radius 1 is 0.800 bits per heavy atom. The molecule has 1 fully saturated rings. The van der Waals surface area contributed by atoms with Gasteiger partial charge in [-0.15, -0.1) is 0 Å². The van der Waals surface area contributed by atoms with Crippen molar-refractivity contribution in [2.24, 2.45) is 0 Å². The van der Waals surface area contributed by atoms with Crippen LogP contribution in [0.15, 0.2) is 109 Å². The Labute approximate surface area is 231 Å². The molecule has 7 heteroatoms. The molecule has 1 N–H and O–H groups in total. The zero-order valence-corrected chi connectivity index (χ0v) is 21.7. The first kappa shape index (κ1) is 25.2. The molecule has 2 heterocycles. The highest BCUT2D eigenvalue weighted by atomic mass is 16.6. The van der Waals surface area contributed by atoms with Gasteiger partial charge in [0.05, 0.1) is 11.6 Å². The van der Waals surface area contributed by atoms with Crippen molar-refractivity contribution in [1.29, 1.82) is 0 Å². The summed E-state index contributed by atoms with van der Waals surface area (Å²) in [7, 11) is 0. The molecule has 4 aromatic rings. The van der Waals surface area contributed by atoms with Crippen molar-refractivity contribution in [2.75, 3.05) is 13.2 Å². The Morgan fingerprint density at radius 2 is 1.45 bits per heavy atom. The fourth-order valence-corrected chi connectivity index (χ4v) is 5.00. The number of aliphatic hydroxyl groups excluding tert-OH is 1. The van der Waals surface area contributed by atoms with Gasteiger partial charge in [-0.1, -0.05) is 72.8 Å². The predicted octanol–water partition coefficient (Wildman–Crippen LogP) is 5.66. The van der Waals surface area contributed by atoms with E-state index in [0.29, 0.717) is 48.2 Å². The number of amides is 1. The van der Waals surface area contributed by atoms with E-state index in [-0.39, 0.29) is 17.9 Å². The lowest BCUT2D eigenvalue weighted by atomic mass is 9.95. The van der Waals surface area contributed by atoms with E-state index in [1.165, 1.54) is 4.90 Å². The van der Waals surface area contributed by atoms with Gasteiger partial charge in [-0.2, -0.15) is 0 Å². The van der Waals surface area contributed by atoms with Gasteiger partial charge in [0.2, 0.25) is 0 Å². The SMILES string of the molecule is O=C1C(=O)N(Cc2ccccc2)C(c2ccc(OCc3ccccc3)cc2)/C1=C(/O)c1ccc2c(c1)OCCO2. The summed E-state index contributed by atoms with van der Waals surface area (Å²) in [5.74, 6) is 0.0232. The van der Waals surface area contributed by atoms with Crippen molar-refractivity contribution in [3.05, 3.63) is 131 Å². The molecule has 7 nitrogen and oxygen atoms in total. The number of ether oxygens (including phenoxy) is 3. The Hall–Kier alpha value is -5.04. The van der Waals surface area contributed by atoms with Gasteiger partial charge < -0.3 is 24.2 Å². The van der Waals surface area contributed by atoms with Gasteiger partial charge >= 0.3 is 0 Å². The molecule has 2 aliphatic heterocycles. The number of hydrogen-bond donors (Lipinski definition) is 1. The molecular formula is C33H27NO6. The van der Waals surface area contributed by atoms with E-state index in [9.17, 15) is 14.7 Å². The fraction of sp³-hybridized carbons (Fsp3) is 0.152. The quantitative estimate of drug-likeness (QED) is 0.188. The molecular weight excluding hydrogens is 506 g/mol. The molecule has 0 aliphatic carbocycles. The second-order valence-corrected chi connectivity index (χ2v) is 9.61. The standard InChI is InChI=1S/C33H27NO6/c35-31(25-13-16-27-28(19-25)39-18-17-38-27)29-30(34(33(37)32(29)36)20-22-7-3-1-4-8-22)24-11-14-26(15-12-24)40-21-23-9-5-2-6-10-23/h1-16,19,30,35H,17-18,20-21H2/b31-29-. The van der Waals surface area contributed by atoms with Gasteiger partial charge in [0.25, 0.3) is 11.7 Å².